The van der Waals surface area contributed by atoms with E-state index in [0.29, 0.717) is 12.8 Å². The fourth-order valence-corrected chi connectivity index (χ4v) is 1.83. The molecule has 0 unspecified atom stereocenters. The molecule has 0 aliphatic carbocycles. The van der Waals surface area contributed by atoms with Crippen molar-refractivity contribution in [3.8, 4) is 5.69 Å². The highest BCUT2D eigenvalue weighted by atomic mass is 16.2. The number of hydrogen-bond donors (Lipinski definition) is 1. The van der Waals surface area contributed by atoms with Crippen LogP contribution in [-0.4, -0.2) is 26.4 Å². The molecule has 1 aliphatic rings. The van der Waals surface area contributed by atoms with Gasteiger partial charge >= 0.3 is 0 Å². The van der Waals surface area contributed by atoms with Crippen molar-refractivity contribution in [2.75, 3.05) is 0 Å². The van der Waals surface area contributed by atoms with Gasteiger partial charge in [-0.2, -0.15) is 10.2 Å². The lowest BCUT2D eigenvalue weighted by Gasteiger charge is -2.12. The monoisotopic (exact) mass is 241 g/mol. The van der Waals surface area contributed by atoms with E-state index in [0.717, 1.165) is 17.0 Å². The van der Waals surface area contributed by atoms with Gasteiger partial charge in [0.25, 0.3) is 0 Å². The molecule has 1 aliphatic heterocycles. The summed E-state index contributed by atoms with van der Waals surface area (Å²) in [7, 11) is 0. The minimum atomic E-state index is -0.0296. The first kappa shape index (κ1) is 10.6. The van der Waals surface area contributed by atoms with E-state index in [9.17, 15) is 4.79 Å². The van der Waals surface area contributed by atoms with Gasteiger partial charge in [0.1, 0.15) is 12.7 Å². The summed E-state index contributed by atoms with van der Waals surface area (Å²) in [6, 6.07) is 7.83. The first-order valence-corrected chi connectivity index (χ1v) is 5.64. The third-order valence-corrected chi connectivity index (χ3v) is 2.79. The summed E-state index contributed by atoms with van der Waals surface area (Å²) in [6.45, 7) is 0. The van der Waals surface area contributed by atoms with E-state index in [1.165, 1.54) is 6.33 Å². The second-order valence-electron chi connectivity index (χ2n) is 3.98. The molecule has 0 spiro atoms. The van der Waals surface area contributed by atoms with Crippen LogP contribution in [0.3, 0.4) is 0 Å². The first-order chi connectivity index (χ1) is 8.83. The standard InChI is InChI=1S/C12H11N5O/c18-12-6-5-11(15-16-12)9-1-3-10(4-2-9)17-8-13-7-14-17/h1-4,7-8H,5-6H2,(H,16,18). The topological polar surface area (TPSA) is 72.2 Å². The predicted octanol–water partition coefficient (Wildman–Crippen LogP) is 0.881. The Morgan fingerprint density at radius 2 is 2.00 bits per heavy atom. The molecule has 6 heteroatoms. The molecule has 90 valence electrons. The molecule has 6 nitrogen and oxygen atoms in total. The van der Waals surface area contributed by atoms with Crippen molar-refractivity contribution in [2.45, 2.75) is 12.8 Å². The zero-order chi connectivity index (χ0) is 12.4. The molecule has 1 amide bonds. The number of carbonyl (C=O) groups excluding carboxylic acids is 1. The molecule has 0 fully saturated rings. The summed E-state index contributed by atoms with van der Waals surface area (Å²) in [5, 5.41) is 8.11. The third-order valence-electron chi connectivity index (χ3n) is 2.79. The van der Waals surface area contributed by atoms with Crippen molar-refractivity contribution in [1.29, 1.82) is 0 Å². The fraction of sp³-hybridized carbons (Fsp3) is 0.167. The Kier molecular flexibility index (Phi) is 2.60. The molecule has 2 aromatic rings. The molecule has 2 heterocycles. The molecular weight excluding hydrogens is 230 g/mol. The van der Waals surface area contributed by atoms with Crippen LogP contribution in [0.5, 0.6) is 0 Å². The molecule has 0 radical (unpaired) electrons. The van der Waals surface area contributed by atoms with Gasteiger partial charge in [0.15, 0.2) is 0 Å². The number of carbonyl (C=O) groups is 1. The number of hydrogen-bond acceptors (Lipinski definition) is 4. The van der Waals surface area contributed by atoms with Crippen LogP contribution in [0.15, 0.2) is 42.0 Å². The lowest BCUT2D eigenvalue weighted by atomic mass is 10.0. The summed E-state index contributed by atoms with van der Waals surface area (Å²) < 4.78 is 1.69. The van der Waals surface area contributed by atoms with Gasteiger partial charge in [-0.15, -0.1) is 0 Å². The Labute approximate surface area is 103 Å². The normalized spacial score (nSPS) is 15.1. The van der Waals surface area contributed by atoms with E-state index in [4.69, 9.17) is 0 Å². The number of hydrazone groups is 1. The molecule has 0 bridgehead atoms. The summed E-state index contributed by atoms with van der Waals surface area (Å²) in [4.78, 5) is 14.9. The van der Waals surface area contributed by atoms with E-state index in [2.05, 4.69) is 20.6 Å². The Bertz CT molecular complexity index is 585. The van der Waals surface area contributed by atoms with Crippen LogP contribution in [0.1, 0.15) is 18.4 Å². The van der Waals surface area contributed by atoms with Gasteiger partial charge in [-0.1, -0.05) is 12.1 Å². The summed E-state index contributed by atoms with van der Waals surface area (Å²) >= 11 is 0. The third kappa shape index (κ3) is 2.00. The van der Waals surface area contributed by atoms with Crippen LogP contribution in [0.25, 0.3) is 5.69 Å². The van der Waals surface area contributed by atoms with Gasteiger partial charge in [-0.05, 0) is 17.7 Å². The molecular formula is C12H11N5O. The molecule has 1 aromatic heterocycles. The SMILES string of the molecule is O=C1CCC(c2ccc(-n3cncn3)cc2)=NN1. The van der Waals surface area contributed by atoms with Crippen molar-refractivity contribution in [3.63, 3.8) is 0 Å². The van der Waals surface area contributed by atoms with Crippen molar-refractivity contribution < 1.29 is 4.79 Å². The largest absolute Gasteiger partial charge is 0.273 e. The molecule has 1 aromatic carbocycles. The summed E-state index contributed by atoms with van der Waals surface area (Å²) in [5.41, 5.74) is 5.35. The second kappa shape index (κ2) is 4.40. The smallest absolute Gasteiger partial charge is 0.240 e. The van der Waals surface area contributed by atoms with Gasteiger partial charge in [0, 0.05) is 12.8 Å². The van der Waals surface area contributed by atoms with Gasteiger partial charge in [0.05, 0.1) is 11.4 Å². The van der Waals surface area contributed by atoms with E-state index >= 15 is 0 Å². The lowest BCUT2D eigenvalue weighted by molar-refractivity contribution is -0.121. The maximum atomic E-state index is 11.0. The van der Waals surface area contributed by atoms with Crippen molar-refractivity contribution >= 4 is 11.6 Å². The van der Waals surface area contributed by atoms with Crippen molar-refractivity contribution in [1.82, 2.24) is 20.2 Å². The number of amides is 1. The Balaban J connectivity index is 1.85. The van der Waals surface area contributed by atoms with Crippen LogP contribution >= 0.6 is 0 Å². The van der Waals surface area contributed by atoms with Crippen LogP contribution in [0, 0.1) is 0 Å². The van der Waals surface area contributed by atoms with E-state index in [1.807, 2.05) is 24.3 Å². The zero-order valence-electron chi connectivity index (χ0n) is 9.58. The highest BCUT2D eigenvalue weighted by molar-refractivity contribution is 6.04. The second-order valence-corrected chi connectivity index (χ2v) is 3.98. The molecule has 18 heavy (non-hydrogen) atoms. The van der Waals surface area contributed by atoms with E-state index in [1.54, 1.807) is 11.0 Å². The van der Waals surface area contributed by atoms with E-state index in [-0.39, 0.29) is 5.91 Å². The lowest BCUT2D eigenvalue weighted by Crippen LogP contribution is -2.25. The van der Waals surface area contributed by atoms with Crippen LogP contribution in [-0.2, 0) is 4.79 Å². The number of rotatable bonds is 2. The Morgan fingerprint density at radius 3 is 2.61 bits per heavy atom. The highest BCUT2D eigenvalue weighted by Gasteiger charge is 2.12. The summed E-state index contributed by atoms with van der Waals surface area (Å²) in [5.74, 6) is -0.0296. The maximum absolute atomic E-state index is 11.0. The molecule has 0 saturated carbocycles. The molecule has 3 rings (SSSR count). The molecule has 1 N–H and O–H groups in total. The average Bonchev–Trinajstić information content (AvgIpc) is 2.94. The van der Waals surface area contributed by atoms with Crippen LogP contribution in [0.2, 0.25) is 0 Å². The number of aromatic nitrogens is 3. The van der Waals surface area contributed by atoms with Gasteiger partial charge < -0.3 is 0 Å². The average molecular weight is 241 g/mol. The van der Waals surface area contributed by atoms with Gasteiger partial charge in [-0.25, -0.2) is 15.1 Å². The van der Waals surface area contributed by atoms with Gasteiger partial charge in [0.2, 0.25) is 5.91 Å². The first-order valence-electron chi connectivity index (χ1n) is 5.64. The Hall–Kier alpha value is -2.50. The number of nitrogens with one attached hydrogen (secondary N) is 1. The van der Waals surface area contributed by atoms with Gasteiger partial charge in [-0.3, -0.25) is 4.79 Å². The van der Waals surface area contributed by atoms with Crippen LogP contribution < -0.4 is 5.43 Å². The van der Waals surface area contributed by atoms with Crippen LogP contribution in [0.4, 0.5) is 0 Å². The number of benzene rings is 1. The predicted molar refractivity (Wildman–Crippen MR) is 65.3 cm³/mol. The van der Waals surface area contributed by atoms with Crippen molar-refractivity contribution in [2.24, 2.45) is 5.10 Å². The van der Waals surface area contributed by atoms with E-state index < -0.39 is 0 Å². The van der Waals surface area contributed by atoms with Crippen molar-refractivity contribution in [3.05, 3.63) is 42.5 Å². The summed E-state index contributed by atoms with van der Waals surface area (Å²) in [6.07, 6.45) is 4.31. The highest BCUT2D eigenvalue weighted by Crippen LogP contribution is 2.13. The minimum absolute atomic E-state index is 0.0296. The number of nitrogens with zero attached hydrogens (tertiary/aromatic N) is 4. The maximum Gasteiger partial charge on any atom is 0.240 e. The molecule has 0 atom stereocenters. The zero-order valence-corrected chi connectivity index (χ0v) is 9.58. The fourth-order valence-electron chi connectivity index (χ4n) is 1.83. The molecule has 0 saturated heterocycles. The Morgan fingerprint density at radius 1 is 1.17 bits per heavy atom. The minimum Gasteiger partial charge on any atom is -0.273 e. The quantitative estimate of drug-likeness (QED) is 0.848.